The van der Waals surface area contributed by atoms with E-state index in [1.165, 1.54) is 17.0 Å². The largest absolute Gasteiger partial charge is 0.465 e. The summed E-state index contributed by atoms with van der Waals surface area (Å²) in [5.41, 5.74) is -0.122. The lowest BCUT2D eigenvalue weighted by atomic mass is 9.63. The van der Waals surface area contributed by atoms with E-state index in [0.717, 1.165) is 0 Å². The molecule has 1 fully saturated rings. The normalized spacial score (nSPS) is 22.8. The molecule has 0 saturated carbocycles. The molecule has 0 aromatic heterocycles. The van der Waals surface area contributed by atoms with Gasteiger partial charge in [0, 0.05) is 19.4 Å². The van der Waals surface area contributed by atoms with Gasteiger partial charge in [0.2, 0.25) is 0 Å². The van der Waals surface area contributed by atoms with Gasteiger partial charge in [-0.05, 0) is 35.6 Å². The number of amides is 1. The molecule has 1 heterocycles. The van der Waals surface area contributed by atoms with Gasteiger partial charge in [0.15, 0.2) is 0 Å². The molecule has 120 valence electrons. The van der Waals surface area contributed by atoms with Crippen LogP contribution in [0.4, 0.5) is 9.18 Å². The molecule has 22 heavy (non-hydrogen) atoms. The van der Waals surface area contributed by atoms with Crippen molar-refractivity contribution >= 4 is 11.9 Å². The Bertz CT molecular complexity index is 621. The van der Waals surface area contributed by atoms with Gasteiger partial charge in [0.05, 0.1) is 5.54 Å². The van der Waals surface area contributed by atoms with Crippen LogP contribution in [-0.4, -0.2) is 28.4 Å². The fourth-order valence-corrected chi connectivity index (χ4v) is 3.56. The van der Waals surface area contributed by atoms with Crippen molar-refractivity contribution in [2.75, 3.05) is 6.54 Å². The first kappa shape index (κ1) is 16.5. The Morgan fingerprint density at radius 3 is 2.50 bits per heavy atom. The highest BCUT2D eigenvalue weighted by molar-refractivity contribution is 5.84. The van der Waals surface area contributed by atoms with Crippen LogP contribution in [0.15, 0.2) is 18.2 Å². The number of rotatable bonds is 1. The van der Waals surface area contributed by atoms with E-state index in [1.807, 2.05) is 20.8 Å². The molecule has 0 unspecified atom stereocenters. The molecule has 0 bridgehead atoms. The van der Waals surface area contributed by atoms with Crippen LogP contribution in [0.25, 0.3) is 0 Å². The molecule has 1 N–H and O–H groups in total. The van der Waals surface area contributed by atoms with Crippen LogP contribution in [0.3, 0.4) is 0 Å². The van der Waals surface area contributed by atoms with Crippen molar-refractivity contribution in [3.8, 4) is 0 Å². The Morgan fingerprint density at radius 1 is 1.36 bits per heavy atom. The second kappa shape index (κ2) is 5.38. The van der Waals surface area contributed by atoms with Crippen LogP contribution in [0.5, 0.6) is 0 Å². The monoisotopic (exact) mass is 307 g/mol. The van der Waals surface area contributed by atoms with E-state index < -0.39 is 17.0 Å². The quantitative estimate of drug-likeness (QED) is 0.860. The third kappa shape index (κ3) is 2.49. The first-order chi connectivity index (χ1) is 10.1. The lowest BCUT2D eigenvalue weighted by Crippen LogP contribution is -2.60. The molecule has 2 rings (SSSR count). The van der Waals surface area contributed by atoms with E-state index in [1.54, 1.807) is 13.0 Å². The Balaban J connectivity index is 2.75. The van der Waals surface area contributed by atoms with Gasteiger partial charge in [-0.3, -0.25) is 9.69 Å². The van der Waals surface area contributed by atoms with Crippen LogP contribution in [0, 0.1) is 18.2 Å². The van der Waals surface area contributed by atoms with E-state index in [4.69, 9.17) is 0 Å². The molecule has 1 aromatic carbocycles. The molecule has 1 aliphatic heterocycles. The molecule has 0 spiro atoms. The molecule has 5 heteroatoms. The van der Waals surface area contributed by atoms with Crippen molar-refractivity contribution < 1.29 is 19.1 Å². The van der Waals surface area contributed by atoms with Gasteiger partial charge >= 0.3 is 6.09 Å². The molecule has 1 aromatic rings. The summed E-state index contributed by atoms with van der Waals surface area (Å²) in [6, 6.07) is 4.33. The SMILES string of the molecule is Cc1cc(F)ccc1[C@]1(C(C)(C)C)CC(=O)CCN1C(=O)O. The molecule has 1 aliphatic rings. The number of piperidine rings is 1. The van der Waals surface area contributed by atoms with Crippen LogP contribution in [0.2, 0.25) is 0 Å². The highest BCUT2D eigenvalue weighted by atomic mass is 19.1. The number of carbonyl (C=O) groups is 2. The number of halogens is 1. The highest BCUT2D eigenvalue weighted by Crippen LogP contribution is 2.50. The summed E-state index contributed by atoms with van der Waals surface area (Å²) in [6.45, 7) is 7.69. The van der Waals surface area contributed by atoms with Crippen LogP contribution in [0.1, 0.15) is 44.7 Å². The smallest absolute Gasteiger partial charge is 0.408 e. The summed E-state index contributed by atoms with van der Waals surface area (Å²) in [7, 11) is 0. The van der Waals surface area contributed by atoms with Crippen molar-refractivity contribution in [1.29, 1.82) is 0 Å². The Hall–Kier alpha value is -1.91. The first-order valence-electron chi connectivity index (χ1n) is 7.38. The number of nitrogens with zero attached hydrogens (tertiary/aromatic N) is 1. The van der Waals surface area contributed by atoms with E-state index in [0.29, 0.717) is 11.1 Å². The maximum absolute atomic E-state index is 13.5. The second-order valence-electron chi connectivity index (χ2n) is 6.97. The molecular weight excluding hydrogens is 285 g/mol. The topological polar surface area (TPSA) is 57.6 Å². The molecular formula is C17H22FNO3. The van der Waals surface area contributed by atoms with E-state index in [2.05, 4.69) is 0 Å². The van der Waals surface area contributed by atoms with E-state index in [-0.39, 0.29) is 31.0 Å². The third-order valence-corrected chi connectivity index (χ3v) is 4.63. The van der Waals surface area contributed by atoms with E-state index in [9.17, 15) is 19.1 Å². The molecule has 1 saturated heterocycles. The zero-order chi connectivity index (χ0) is 16.7. The number of Topliss-reactive ketones (excluding diaryl/α,β-unsaturated/α-hetero) is 1. The number of benzene rings is 1. The van der Waals surface area contributed by atoms with Gasteiger partial charge in [-0.15, -0.1) is 0 Å². The predicted octanol–water partition coefficient (Wildman–Crippen LogP) is 3.72. The third-order valence-electron chi connectivity index (χ3n) is 4.63. The Kier molecular flexibility index (Phi) is 4.02. The summed E-state index contributed by atoms with van der Waals surface area (Å²) in [5.74, 6) is -0.328. The molecule has 4 nitrogen and oxygen atoms in total. The Morgan fingerprint density at radius 2 is 2.00 bits per heavy atom. The average Bonchev–Trinajstić information content (AvgIpc) is 2.36. The summed E-state index contributed by atoms with van der Waals surface area (Å²) in [5, 5.41) is 9.67. The number of hydrogen-bond donors (Lipinski definition) is 1. The summed E-state index contributed by atoms with van der Waals surface area (Å²) < 4.78 is 13.5. The molecule has 1 atom stereocenters. The van der Waals surface area contributed by atoms with Gasteiger partial charge in [0.25, 0.3) is 0 Å². The zero-order valence-electron chi connectivity index (χ0n) is 13.4. The molecule has 1 amide bonds. The van der Waals surface area contributed by atoms with Crippen molar-refractivity contribution in [3.05, 3.63) is 35.1 Å². The van der Waals surface area contributed by atoms with Gasteiger partial charge in [-0.25, -0.2) is 9.18 Å². The Labute approximate surface area is 129 Å². The summed E-state index contributed by atoms with van der Waals surface area (Å²) in [4.78, 5) is 25.3. The van der Waals surface area contributed by atoms with Gasteiger partial charge < -0.3 is 5.11 Å². The zero-order valence-corrected chi connectivity index (χ0v) is 13.4. The van der Waals surface area contributed by atoms with Crippen molar-refractivity contribution in [2.45, 2.75) is 46.1 Å². The van der Waals surface area contributed by atoms with Crippen molar-refractivity contribution in [3.63, 3.8) is 0 Å². The minimum atomic E-state index is -1.05. The van der Waals surface area contributed by atoms with Gasteiger partial charge in [-0.1, -0.05) is 26.8 Å². The molecule has 0 radical (unpaired) electrons. The second-order valence-corrected chi connectivity index (χ2v) is 6.97. The minimum Gasteiger partial charge on any atom is -0.465 e. The van der Waals surface area contributed by atoms with Crippen LogP contribution < -0.4 is 0 Å². The highest BCUT2D eigenvalue weighted by Gasteiger charge is 2.54. The fourth-order valence-electron chi connectivity index (χ4n) is 3.56. The number of carbonyl (C=O) groups excluding carboxylic acids is 1. The van der Waals surface area contributed by atoms with Crippen molar-refractivity contribution in [2.24, 2.45) is 5.41 Å². The lowest BCUT2D eigenvalue weighted by Gasteiger charge is -2.53. The fraction of sp³-hybridized carbons (Fsp3) is 0.529. The first-order valence-corrected chi connectivity index (χ1v) is 7.38. The van der Waals surface area contributed by atoms with E-state index >= 15 is 0 Å². The molecule has 0 aliphatic carbocycles. The average molecular weight is 307 g/mol. The maximum Gasteiger partial charge on any atom is 0.408 e. The number of aryl methyl sites for hydroxylation is 1. The standard InChI is InChI=1S/C17H22FNO3/c1-11-9-12(18)5-6-14(11)17(16(2,3)4)10-13(20)7-8-19(17)15(21)22/h5-6,9H,7-8,10H2,1-4H3,(H,21,22)/t17-/m0/s1. The summed E-state index contributed by atoms with van der Waals surface area (Å²) in [6.07, 6.45) is -0.703. The summed E-state index contributed by atoms with van der Waals surface area (Å²) >= 11 is 0. The number of likely N-dealkylation sites (tertiary alicyclic amines) is 1. The minimum absolute atomic E-state index is 0.0381. The number of ketones is 1. The van der Waals surface area contributed by atoms with Gasteiger partial charge in [-0.2, -0.15) is 0 Å². The van der Waals surface area contributed by atoms with Crippen LogP contribution >= 0.6 is 0 Å². The number of carboxylic acid groups (broad SMARTS) is 1. The lowest BCUT2D eigenvalue weighted by molar-refractivity contribution is -0.130. The predicted molar refractivity (Wildman–Crippen MR) is 81.2 cm³/mol. The number of hydrogen-bond acceptors (Lipinski definition) is 2. The maximum atomic E-state index is 13.5. The van der Waals surface area contributed by atoms with Gasteiger partial charge in [0.1, 0.15) is 11.6 Å². The van der Waals surface area contributed by atoms with Crippen molar-refractivity contribution in [1.82, 2.24) is 4.90 Å². The van der Waals surface area contributed by atoms with Crippen LogP contribution in [-0.2, 0) is 10.3 Å².